The molecule has 0 aromatic carbocycles. The fraction of sp³-hybridized carbons (Fsp3) is 0.889. The molecule has 150 valence electrons. The van der Waals surface area contributed by atoms with Crippen LogP contribution in [0.1, 0.15) is 51.4 Å². The molecule has 0 spiro atoms. The van der Waals surface area contributed by atoms with Crippen molar-refractivity contribution in [3.05, 3.63) is 0 Å². The van der Waals surface area contributed by atoms with Gasteiger partial charge in [0.1, 0.15) is 0 Å². The molecular weight excluding hydrogens is 340 g/mol. The average Bonchev–Trinajstić information content (AvgIpc) is 2.46. The Morgan fingerprint density at radius 1 is 0.600 bits per heavy atom. The van der Waals surface area contributed by atoms with Crippen molar-refractivity contribution in [2.75, 3.05) is 54.4 Å². The summed E-state index contributed by atoms with van der Waals surface area (Å²) in [5.41, 5.74) is 0. The number of halogens is 1. The Bertz CT molecular complexity index is 307. The summed E-state index contributed by atoms with van der Waals surface area (Å²) < 4.78 is 0. The number of rotatable bonds is 15. The normalized spacial score (nSPS) is 10.6. The standard InChI is InChI=1S/C18H38N4O2.ClH/c1-21(2)15-17(23)19-13-11-9-7-5-6-8-10-12-14-20-18(24)16-22(3)4;/h5-16H2,1-4H3,(H,19,23)(H,20,24);1H. The van der Waals surface area contributed by atoms with E-state index in [1.165, 1.54) is 38.5 Å². The van der Waals surface area contributed by atoms with Gasteiger partial charge in [-0.3, -0.25) is 9.59 Å². The van der Waals surface area contributed by atoms with E-state index < -0.39 is 0 Å². The zero-order valence-electron chi connectivity index (χ0n) is 16.6. The summed E-state index contributed by atoms with van der Waals surface area (Å²) in [6.45, 7) is 2.52. The Labute approximate surface area is 160 Å². The van der Waals surface area contributed by atoms with Crippen LogP contribution in [0.4, 0.5) is 0 Å². The minimum absolute atomic E-state index is 0. The highest BCUT2D eigenvalue weighted by molar-refractivity contribution is 5.85. The van der Waals surface area contributed by atoms with Gasteiger partial charge in [0.05, 0.1) is 13.1 Å². The number of hydrogen-bond donors (Lipinski definition) is 2. The molecule has 0 rings (SSSR count). The van der Waals surface area contributed by atoms with Crippen LogP contribution in [0.3, 0.4) is 0 Å². The SMILES string of the molecule is CN(C)CC(=O)NCCCCCCCCCCNC(=O)CN(C)C.Cl. The van der Waals surface area contributed by atoms with Crippen molar-refractivity contribution in [3.63, 3.8) is 0 Å². The zero-order chi connectivity index (χ0) is 18.2. The number of nitrogens with one attached hydrogen (secondary N) is 2. The van der Waals surface area contributed by atoms with E-state index in [-0.39, 0.29) is 24.2 Å². The third-order valence-corrected chi connectivity index (χ3v) is 3.67. The fourth-order valence-electron chi connectivity index (χ4n) is 2.45. The first-order valence-electron chi connectivity index (χ1n) is 9.24. The molecule has 0 aliphatic carbocycles. The van der Waals surface area contributed by atoms with Gasteiger partial charge in [-0.15, -0.1) is 12.4 Å². The minimum Gasteiger partial charge on any atom is -0.355 e. The van der Waals surface area contributed by atoms with E-state index in [9.17, 15) is 9.59 Å². The lowest BCUT2D eigenvalue weighted by atomic mass is 10.1. The third kappa shape index (κ3) is 21.1. The van der Waals surface area contributed by atoms with E-state index in [1.807, 2.05) is 38.0 Å². The summed E-state index contributed by atoms with van der Waals surface area (Å²) in [6, 6.07) is 0. The molecule has 0 aliphatic rings. The third-order valence-electron chi connectivity index (χ3n) is 3.67. The molecule has 7 heteroatoms. The van der Waals surface area contributed by atoms with Crippen LogP contribution in [0, 0.1) is 0 Å². The van der Waals surface area contributed by atoms with Crippen molar-refractivity contribution >= 4 is 24.2 Å². The maximum atomic E-state index is 11.4. The Hall–Kier alpha value is -0.850. The number of carbonyl (C=O) groups is 2. The number of hydrogen-bond acceptors (Lipinski definition) is 4. The Kier molecular flexibility index (Phi) is 18.9. The van der Waals surface area contributed by atoms with Crippen LogP contribution < -0.4 is 10.6 Å². The van der Waals surface area contributed by atoms with Crippen LogP contribution in [0.5, 0.6) is 0 Å². The number of nitrogens with zero attached hydrogens (tertiary/aromatic N) is 2. The quantitative estimate of drug-likeness (QED) is 0.427. The zero-order valence-corrected chi connectivity index (χ0v) is 17.4. The van der Waals surface area contributed by atoms with Gasteiger partial charge < -0.3 is 20.4 Å². The molecular formula is C18H39ClN4O2. The molecule has 0 aromatic rings. The molecule has 0 bridgehead atoms. The lowest BCUT2D eigenvalue weighted by Gasteiger charge is -2.10. The van der Waals surface area contributed by atoms with Crippen molar-refractivity contribution in [1.82, 2.24) is 20.4 Å². The van der Waals surface area contributed by atoms with Gasteiger partial charge in [-0.25, -0.2) is 0 Å². The van der Waals surface area contributed by atoms with Gasteiger partial charge in [-0.2, -0.15) is 0 Å². The van der Waals surface area contributed by atoms with Crippen molar-refractivity contribution in [1.29, 1.82) is 0 Å². The van der Waals surface area contributed by atoms with Gasteiger partial charge in [-0.1, -0.05) is 38.5 Å². The average molecular weight is 379 g/mol. The van der Waals surface area contributed by atoms with E-state index in [2.05, 4.69) is 10.6 Å². The molecule has 0 atom stereocenters. The second-order valence-electron chi connectivity index (χ2n) is 7.00. The number of unbranched alkanes of at least 4 members (excludes halogenated alkanes) is 7. The second-order valence-corrected chi connectivity index (χ2v) is 7.00. The Morgan fingerprint density at radius 3 is 1.16 bits per heavy atom. The van der Waals surface area contributed by atoms with Crippen LogP contribution in [-0.2, 0) is 9.59 Å². The molecule has 2 N–H and O–H groups in total. The lowest BCUT2D eigenvalue weighted by Crippen LogP contribution is -2.33. The first kappa shape index (κ1) is 26.4. The summed E-state index contributed by atoms with van der Waals surface area (Å²) in [5, 5.41) is 5.88. The molecule has 0 fully saturated rings. The predicted octanol–water partition coefficient (Wildman–Crippen LogP) is 1.88. The van der Waals surface area contributed by atoms with E-state index >= 15 is 0 Å². The molecule has 0 heterocycles. The van der Waals surface area contributed by atoms with Crippen LogP contribution in [0.15, 0.2) is 0 Å². The van der Waals surface area contributed by atoms with E-state index in [0.29, 0.717) is 13.1 Å². The highest BCUT2D eigenvalue weighted by Crippen LogP contribution is 2.08. The maximum absolute atomic E-state index is 11.4. The summed E-state index contributed by atoms with van der Waals surface area (Å²) in [6.07, 6.45) is 9.50. The smallest absolute Gasteiger partial charge is 0.234 e. The van der Waals surface area contributed by atoms with Gasteiger partial charge in [-0.05, 0) is 41.0 Å². The van der Waals surface area contributed by atoms with E-state index in [1.54, 1.807) is 0 Å². The van der Waals surface area contributed by atoms with Crippen LogP contribution in [0.25, 0.3) is 0 Å². The summed E-state index contributed by atoms with van der Waals surface area (Å²) >= 11 is 0. The molecule has 25 heavy (non-hydrogen) atoms. The summed E-state index contributed by atoms with van der Waals surface area (Å²) in [4.78, 5) is 26.6. The topological polar surface area (TPSA) is 64.7 Å². The lowest BCUT2D eigenvalue weighted by molar-refractivity contribution is -0.122. The molecule has 0 saturated carbocycles. The highest BCUT2D eigenvalue weighted by Gasteiger charge is 2.02. The number of carbonyl (C=O) groups excluding carboxylic acids is 2. The van der Waals surface area contributed by atoms with Crippen LogP contribution >= 0.6 is 12.4 Å². The molecule has 0 aliphatic heterocycles. The molecule has 0 saturated heterocycles. The van der Waals surface area contributed by atoms with E-state index in [4.69, 9.17) is 0 Å². The Balaban J connectivity index is 0. The predicted molar refractivity (Wildman–Crippen MR) is 107 cm³/mol. The van der Waals surface area contributed by atoms with Crippen molar-refractivity contribution in [2.45, 2.75) is 51.4 Å². The van der Waals surface area contributed by atoms with Crippen molar-refractivity contribution < 1.29 is 9.59 Å². The largest absolute Gasteiger partial charge is 0.355 e. The van der Waals surface area contributed by atoms with Crippen LogP contribution in [-0.4, -0.2) is 76.0 Å². The minimum atomic E-state index is 0. The second kappa shape index (κ2) is 18.0. The number of amides is 2. The highest BCUT2D eigenvalue weighted by atomic mass is 35.5. The Morgan fingerprint density at radius 2 is 0.880 bits per heavy atom. The van der Waals surface area contributed by atoms with E-state index in [0.717, 1.165) is 25.9 Å². The van der Waals surface area contributed by atoms with Gasteiger partial charge in [0, 0.05) is 13.1 Å². The molecule has 6 nitrogen and oxygen atoms in total. The van der Waals surface area contributed by atoms with Gasteiger partial charge in [0.15, 0.2) is 0 Å². The molecule has 2 amide bonds. The summed E-state index contributed by atoms with van der Waals surface area (Å²) in [7, 11) is 7.60. The maximum Gasteiger partial charge on any atom is 0.234 e. The number of likely N-dealkylation sites (N-methyl/N-ethyl adjacent to an activating group) is 2. The van der Waals surface area contributed by atoms with Crippen LogP contribution in [0.2, 0.25) is 0 Å². The molecule has 0 radical (unpaired) electrons. The first-order valence-corrected chi connectivity index (χ1v) is 9.24. The molecule has 0 aromatic heterocycles. The van der Waals surface area contributed by atoms with Gasteiger partial charge >= 0.3 is 0 Å². The fourth-order valence-corrected chi connectivity index (χ4v) is 2.45. The first-order chi connectivity index (χ1) is 11.4. The van der Waals surface area contributed by atoms with Crippen molar-refractivity contribution in [2.24, 2.45) is 0 Å². The van der Waals surface area contributed by atoms with Gasteiger partial charge in [0.2, 0.25) is 11.8 Å². The molecule has 0 unspecified atom stereocenters. The van der Waals surface area contributed by atoms with Gasteiger partial charge in [0.25, 0.3) is 0 Å². The van der Waals surface area contributed by atoms with Crippen molar-refractivity contribution in [3.8, 4) is 0 Å². The monoisotopic (exact) mass is 378 g/mol. The summed E-state index contributed by atoms with van der Waals surface area (Å²) in [5.74, 6) is 0.218.